The number of nitrogens with one attached hydrogen (secondary N) is 1. The van der Waals surface area contributed by atoms with Gasteiger partial charge in [-0.2, -0.15) is 0 Å². The largest absolute Gasteiger partial charge is 0.493 e. The lowest BCUT2D eigenvalue weighted by molar-refractivity contribution is -0.117. The van der Waals surface area contributed by atoms with Crippen LogP contribution in [0.5, 0.6) is 17.2 Å². The first-order valence-corrected chi connectivity index (χ1v) is 9.19. The first kappa shape index (κ1) is 20.3. The zero-order chi connectivity index (χ0) is 20.8. The quantitative estimate of drug-likeness (QED) is 0.728. The zero-order valence-electron chi connectivity index (χ0n) is 16.7. The number of amides is 2. The molecular formula is C22H24N2O5. The summed E-state index contributed by atoms with van der Waals surface area (Å²) in [5.41, 5.74) is 1.56. The van der Waals surface area contributed by atoms with Gasteiger partial charge < -0.3 is 24.4 Å². The molecule has 0 bridgehead atoms. The lowest BCUT2D eigenvalue weighted by Gasteiger charge is -2.16. The minimum absolute atomic E-state index is 0.00453. The van der Waals surface area contributed by atoms with Gasteiger partial charge in [-0.3, -0.25) is 9.59 Å². The second-order valence-corrected chi connectivity index (χ2v) is 6.54. The summed E-state index contributed by atoms with van der Waals surface area (Å²) < 4.78 is 15.9. The first-order chi connectivity index (χ1) is 14.0. The third-order valence-corrected chi connectivity index (χ3v) is 4.65. The Bertz CT molecular complexity index is 886. The van der Waals surface area contributed by atoms with Crippen LogP contribution in [0.4, 0.5) is 5.69 Å². The van der Waals surface area contributed by atoms with Crippen molar-refractivity contribution in [3.63, 3.8) is 0 Å². The molecule has 2 aromatic rings. The maximum Gasteiger partial charge on any atom is 0.244 e. The normalized spacial score (nSPS) is 16.2. The molecule has 1 aliphatic heterocycles. The van der Waals surface area contributed by atoms with Crippen molar-refractivity contribution in [3.8, 4) is 17.2 Å². The summed E-state index contributed by atoms with van der Waals surface area (Å²) >= 11 is 0. The van der Waals surface area contributed by atoms with E-state index >= 15 is 0 Å². The monoisotopic (exact) mass is 396 g/mol. The van der Waals surface area contributed by atoms with Crippen molar-refractivity contribution < 1.29 is 23.8 Å². The second-order valence-electron chi connectivity index (χ2n) is 6.54. The van der Waals surface area contributed by atoms with Gasteiger partial charge in [-0.15, -0.1) is 0 Å². The summed E-state index contributed by atoms with van der Waals surface area (Å²) in [6.45, 7) is 0.451. The molecule has 7 nitrogen and oxygen atoms in total. The molecule has 2 amide bonds. The van der Waals surface area contributed by atoms with Gasteiger partial charge in [0.1, 0.15) is 0 Å². The fourth-order valence-corrected chi connectivity index (χ4v) is 3.28. The van der Waals surface area contributed by atoms with Crippen LogP contribution in [0.2, 0.25) is 0 Å². The molecule has 1 N–H and O–H groups in total. The molecule has 0 unspecified atom stereocenters. The van der Waals surface area contributed by atoms with Crippen LogP contribution < -0.4 is 24.4 Å². The van der Waals surface area contributed by atoms with Crippen molar-refractivity contribution in [2.75, 3.05) is 32.8 Å². The van der Waals surface area contributed by atoms with Gasteiger partial charge in [-0.05, 0) is 35.9 Å². The third kappa shape index (κ3) is 4.68. The van der Waals surface area contributed by atoms with Gasteiger partial charge in [-0.25, -0.2) is 0 Å². The number of para-hydroxylation sites is 1. The van der Waals surface area contributed by atoms with Gasteiger partial charge in [0, 0.05) is 24.7 Å². The van der Waals surface area contributed by atoms with E-state index in [4.69, 9.17) is 14.2 Å². The van der Waals surface area contributed by atoms with Crippen molar-refractivity contribution >= 4 is 23.6 Å². The van der Waals surface area contributed by atoms with E-state index in [2.05, 4.69) is 5.32 Å². The molecule has 1 fully saturated rings. The van der Waals surface area contributed by atoms with Gasteiger partial charge >= 0.3 is 0 Å². The van der Waals surface area contributed by atoms with Crippen LogP contribution >= 0.6 is 0 Å². The number of hydrogen-bond donors (Lipinski definition) is 1. The molecule has 0 radical (unpaired) electrons. The van der Waals surface area contributed by atoms with Gasteiger partial charge in [-0.1, -0.05) is 18.2 Å². The molecule has 0 aliphatic carbocycles. The van der Waals surface area contributed by atoms with Gasteiger partial charge in [0.25, 0.3) is 0 Å². The average Bonchev–Trinajstić information content (AvgIpc) is 3.11. The summed E-state index contributed by atoms with van der Waals surface area (Å²) in [7, 11) is 4.60. The second kappa shape index (κ2) is 9.14. The fraction of sp³-hybridized carbons (Fsp3) is 0.273. The van der Waals surface area contributed by atoms with Crippen LogP contribution in [-0.4, -0.2) is 45.7 Å². The highest BCUT2D eigenvalue weighted by Crippen LogP contribution is 2.38. The van der Waals surface area contributed by atoms with Crippen LogP contribution in [0, 0.1) is 0 Å². The number of methoxy groups -OCH3 is 3. The number of anilines is 1. The van der Waals surface area contributed by atoms with Crippen LogP contribution in [0.25, 0.3) is 6.08 Å². The number of rotatable bonds is 7. The zero-order valence-corrected chi connectivity index (χ0v) is 16.7. The summed E-state index contributed by atoms with van der Waals surface area (Å²) in [5, 5.41) is 2.88. The Morgan fingerprint density at radius 3 is 2.31 bits per heavy atom. The van der Waals surface area contributed by atoms with E-state index in [0.717, 1.165) is 11.3 Å². The molecule has 29 heavy (non-hydrogen) atoms. The number of carbonyl (C=O) groups excluding carboxylic acids is 2. The average molecular weight is 396 g/mol. The highest BCUT2D eigenvalue weighted by atomic mass is 16.5. The molecule has 0 saturated carbocycles. The summed E-state index contributed by atoms with van der Waals surface area (Å²) in [5.74, 6) is 1.22. The topological polar surface area (TPSA) is 77.1 Å². The molecule has 1 aliphatic rings. The SMILES string of the molecule is COc1cc(/C=C/C(=O)N[C@H]2CC(=O)N(c3ccccc3)C2)cc(OC)c1OC. The highest BCUT2D eigenvalue weighted by Gasteiger charge is 2.31. The standard InChI is InChI=1S/C22H24N2O5/c1-27-18-11-15(12-19(28-2)22(18)29-3)9-10-20(25)23-16-13-21(26)24(14-16)17-7-5-4-6-8-17/h4-12,16H,13-14H2,1-3H3,(H,23,25)/b10-9+/t16-/m0/s1. The number of benzene rings is 2. The maximum atomic E-state index is 12.3. The molecule has 1 saturated heterocycles. The minimum Gasteiger partial charge on any atom is -0.493 e. The predicted molar refractivity (Wildman–Crippen MR) is 110 cm³/mol. The number of carbonyl (C=O) groups is 2. The molecule has 0 spiro atoms. The Labute approximate surface area is 169 Å². The van der Waals surface area contributed by atoms with E-state index in [1.165, 1.54) is 27.4 Å². The molecule has 1 atom stereocenters. The lowest BCUT2D eigenvalue weighted by Crippen LogP contribution is -2.36. The molecule has 3 rings (SSSR count). The van der Waals surface area contributed by atoms with E-state index in [1.54, 1.807) is 23.1 Å². The van der Waals surface area contributed by atoms with E-state index in [1.807, 2.05) is 30.3 Å². The maximum absolute atomic E-state index is 12.3. The molecule has 0 aromatic heterocycles. The van der Waals surface area contributed by atoms with Crippen molar-refractivity contribution in [1.82, 2.24) is 5.32 Å². The highest BCUT2D eigenvalue weighted by molar-refractivity contribution is 5.98. The Kier molecular flexibility index (Phi) is 6.39. The van der Waals surface area contributed by atoms with Gasteiger partial charge in [0.15, 0.2) is 11.5 Å². The summed E-state index contributed by atoms with van der Waals surface area (Å²) in [6, 6.07) is 12.7. The predicted octanol–water partition coefficient (Wildman–Crippen LogP) is 2.65. The molecule has 7 heteroatoms. The molecule has 152 valence electrons. The van der Waals surface area contributed by atoms with Crippen LogP contribution in [0.3, 0.4) is 0 Å². The van der Waals surface area contributed by atoms with Gasteiger partial charge in [0.2, 0.25) is 17.6 Å². The summed E-state index contributed by atoms with van der Waals surface area (Å²) in [4.78, 5) is 26.3. The van der Waals surface area contributed by atoms with Crippen molar-refractivity contribution in [2.45, 2.75) is 12.5 Å². The Balaban J connectivity index is 1.65. The molecular weight excluding hydrogens is 372 g/mol. The number of nitrogens with zero attached hydrogens (tertiary/aromatic N) is 1. The number of hydrogen-bond acceptors (Lipinski definition) is 5. The molecule has 1 heterocycles. The summed E-state index contributed by atoms with van der Waals surface area (Å²) in [6.07, 6.45) is 3.36. The Morgan fingerprint density at radius 2 is 1.72 bits per heavy atom. The number of ether oxygens (including phenoxy) is 3. The minimum atomic E-state index is -0.272. The van der Waals surface area contributed by atoms with E-state index in [-0.39, 0.29) is 24.3 Å². The van der Waals surface area contributed by atoms with E-state index < -0.39 is 0 Å². The van der Waals surface area contributed by atoms with Crippen LogP contribution in [-0.2, 0) is 9.59 Å². The Hall–Kier alpha value is -3.48. The van der Waals surface area contributed by atoms with Crippen molar-refractivity contribution in [3.05, 3.63) is 54.1 Å². The smallest absolute Gasteiger partial charge is 0.244 e. The Morgan fingerprint density at radius 1 is 1.07 bits per heavy atom. The van der Waals surface area contributed by atoms with Crippen LogP contribution in [0.15, 0.2) is 48.5 Å². The molecule has 2 aromatic carbocycles. The first-order valence-electron chi connectivity index (χ1n) is 9.19. The van der Waals surface area contributed by atoms with Crippen molar-refractivity contribution in [2.24, 2.45) is 0 Å². The third-order valence-electron chi connectivity index (χ3n) is 4.65. The van der Waals surface area contributed by atoms with E-state index in [9.17, 15) is 9.59 Å². The van der Waals surface area contributed by atoms with E-state index in [0.29, 0.717) is 23.8 Å². The van der Waals surface area contributed by atoms with Crippen LogP contribution in [0.1, 0.15) is 12.0 Å². The fourth-order valence-electron chi connectivity index (χ4n) is 3.28. The lowest BCUT2D eigenvalue weighted by atomic mass is 10.1. The van der Waals surface area contributed by atoms with Gasteiger partial charge in [0.05, 0.1) is 27.4 Å². The van der Waals surface area contributed by atoms with Crippen molar-refractivity contribution in [1.29, 1.82) is 0 Å².